The minimum atomic E-state index is 0.305. The Morgan fingerprint density at radius 2 is 2.06 bits per heavy atom. The van der Waals surface area contributed by atoms with Crippen LogP contribution in [0.5, 0.6) is 5.88 Å². The van der Waals surface area contributed by atoms with Crippen molar-refractivity contribution in [3.63, 3.8) is 0 Å². The van der Waals surface area contributed by atoms with Crippen LogP contribution < -0.4 is 4.74 Å². The van der Waals surface area contributed by atoms with Gasteiger partial charge in [-0.25, -0.2) is 0 Å². The van der Waals surface area contributed by atoms with Crippen molar-refractivity contribution in [3.05, 3.63) is 17.8 Å². The summed E-state index contributed by atoms with van der Waals surface area (Å²) in [4.78, 5) is 2.45. The van der Waals surface area contributed by atoms with Crippen LogP contribution in [0.2, 0.25) is 0 Å². The molecule has 2 rings (SSSR count). The zero-order valence-electron chi connectivity index (χ0n) is 10.0. The average molecular weight is 221 g/mol. The summed E-state index contributed by atoms with van der Waals surface area (Å²) in [7, 11) is 0. The Morgan fingerprint density at radius 1 is 1.31 bits per heavy atom. The summed E-state index contributed by atoms with van der Waals surface area (Å²) in [6.07, 6.45) is 2.48. The molecule has 0 spiro atoms. The van der Waals surface area contributed by atoms with Gasteiger partial charge in [-0.2, -0.15) is 5.10 Å². The molecule has 0 saturated carbocycles. The molecule has 0 N–H and O–H groups in total. The van der Waals surface area contributed by atoms with Gasteiger partial charge >= 0.3 is 0 Å². The highest BCUT2D eigenvalue weighted by Gasteiger charge is 2.19. The standard InChI is InChI=1S/C12H19N3O/c1-3-15-8-6-11(7-9-15)16-12-5-4-10(2)13-14-12/h4-5,11H,3,6-9H2,1-2H3. The average Bonchev–Trinajstić information content (AvgIpc) is 2.33. The number of ether oxygens (including phenoxy) is 1. The molecule has 1 aliphatic rings. The first-order valence-corrected chi connectivity index (χ1v) is 5.97. The van der Waals surface area contributed by atoms with Crippen LogP contribution in [0.25, 0.3) is 0 Å². The number of likely N-dealkylation sites (tertiary alicyclic amines) is 1. The molecule has 2 heterocycles. The van der Waals surface area contributed by atoms with Gasteiger partial charge < -0.3 is 9.64 Å². The monoisotopic (exact) mass is 221 g/mol. The fourth-order valence-corrected chi connectivity index (χ4v) is 1.96. The van der Waals surface area contributed by atoms with Crippen LogP contribution >= 0.6 is 0 Å². The number of nitrogens with zero attached hydrogens (tertiary/aromatic N) is 3. The highest BCUT2D eigenvalue weighted by molar-refractivity contribution is 5.10. The molecule has 0 aliphatic carbocycles. The second kappa shape index (κ2) is 5.25. The number of hydrogen-bond acceptors (Lipinski definition) is 4. The van der Waals surface area contributed by atoms with Crippen LogP contribution in [-0.2, 0) is 0 Å². The molecule has 1 aromatic rings. The summed E-state index contributed by atoms with van der Waals surface area (Å²) in [5.41, 5.74) is 0.924. The Bertz CT molecular complexity index is 318. The maximum atomic E-state index is 5.80. The molecule has 1 aromatic heterocycles. The van der Waals surface area contributed by atoms with Crippen LogP contribution in [0.15, 0.2) is 12.1 Å². The largest absolute Gasteiger partial charge is 0.473 e. The van der Waals surface area contributed by atoms with E-state index in [1.807, 2.05) is 19.1 Å². The lowest BCUT2D eigenvalue weighted by molar-refractivity contribution is 0.0988. The summed E-state index contributed by atoms with van der Waals surface area (Å²) in [5, 5.41) is 8.02. The molecule has 0 amide bonds. The molecule has 0 bridgehead atoms. The van der Waals surface area contributed by atoms with Gasteiger partial charge in [-0.15, -0.1) is 5.10 Å². The van der Waals surface area contributed by atoms with Crippen LogP contribution in [0.1, 0.15) is 25.5 Å². The van der Waals surface area contributed by atoms with E-state index in [4.69, 9.17) is 4.74 Å². The van der Waals surface area contributed by atoms with Gasteiger partial charge in [-0.05, 0) is 32.4 Å². The van der Waals surface area contributed by atoms with E-state index in [0.717, 1.165) is 38.2 Å². The van der Waals surface area contributed by atoms with Crippen LogP contribution in [0, 0.1) is 6.92 Å². The van der Waals surface area contributed by atoms with E-state index in [9.17, 15) is 0 Å². The third-order valence-corrected chi connectivity index (χ3v) is 3.04. The summed E-state index contributed by atoms with van der Waals surface area (Å²) >= 11 is 0. The number of aromatic nitrogens is 2. The molecule has 4 heteroatoms. The van der Waals surface area contributed by atoms with Crippen molar-refractivity contribution in [1.82, 2.24) is 15.1 Å². The third-order valence-electron chi connectivity index (χ3n) is 3.04. The highest BCUT2D eigenvalue weighted by Crippen LogP contribution is 2.16. The van der Waals surface area contributed by atoms with Gasteiger partial charge in [0.05, 0.1) is 5.69 Å². The Kier molecular flexibility index (Phi) is 3.72. The first-order valence-electron chi connectivity index (χ1n) is 5.97. The van der Waals surface area contributed by atoms with Gasteiger partial charge in [-0.1, -0.05) is 6.92 Å². The molecule has 0 atom stereocenters. The molecule has 0 unspecified atom stereocenters. The topological polar surface area (TPSA) is 38.2 Å². The van der Waals surface area contributed by atoms with Crippen molar-refractivity contribution in [2.45, 2.75) is 32.8 Å². The van der Waals surface area contributed by atoms with Crippen molar-refractivity contribution in [2.75, 3.05) is 19.6 Å². The van der Waals surface area contributed by atoms with E-state index in [1.54, 1.807) is 0 Å². The van der Waals surface area contributed by atoms with Crippen molar-refractivity contribution in [3.8, 4) is 5.88 Å². The van der Waals surface area contributed by atoms with Gasteiger partial charge in [0.2, 0.25) is 5.88 Å². The number of hydrogen-bond donors (Lipinski definition) is 0. The first kappa shape index (κ1) is 11.3. The highest BCUT2D eigenvalue weighted by atomic mass is 16.5. The van der Waals surface area contributed by atoms with Crippen LogP contribution in [-0.4, -0.2) is 40.8 Å². The fourth-order valence-electron chi connectivity index (χ4n) is 1.96. The maximum Gasteiger partial charge on any atom is 0.233 e. The molecule has 4 nitrogen and oxygen atoms in total. The Hall–Kier alpha value is -1.16. The van der Waals surface area contributed by atoms with E-state index >= 15 is 0 Å². The van der Waals surface area contributed by atoms with Gasteiger partial charge in [0.25, 0.3) is 0 Å². The lowest BCUT2D eigenvalue weighted by Gasteiger charge is -2.30. The van der Waals surface area contributed by atoms with Gasteiger partial charge in [-0.3, -0.25) is 0 Å². The van der Waals surface area contributed by atoms with E-state index < -0.39 is 0 Å². The zero-order valence-corrected chi connectivity index (χ0v) is 10.0. The molecular formula is C12H19N3O. The minimum absolute atomic E-state index is 0.305. The van der Waals surface area contributed by atoms with Crippen LogP contribution in [0.4, 0.5) is 0 Å². The lowest BCUT2D eigenvalue weighted by Crippen LogP contribution is -2.38. The first-order chi connectivity index (χ1) is 7.78. The third kappa shape index (κ3) is 2.92. The molecule has 16 heavy (non-hydrogen) atoms. The molecular weight excluding hydrogens is 202 g/mol. The Morgan fingerprint density at radius 3 is 2.62 bits per heavy atom. The van der Waals surface area contributed by atoms with Gasteiger partial charge in [0, 0.05) is 19.2 Å². The molecule has 1 fully saturated rings. The predicted molar refractivity (Wildman–Crippen MR) is 62.5 cm³/mol. The minimum Gasteiger partial charge on any atom is -0.473 e. The van der Waals surface area contributed by atoms with E-state index in [1.165, 1.54) is 0 Å². The Labute approximate surface area is 96.6 Å². The zero-order chi connectivity index (χ0) is 11.4. The van der Waals surface area contributed by atoms with Gasteiger partial charge in [0.1, 0.15) is 6.10 Å². The normalized spacial score (nSPS) is 18.6. The molecule has 0 radical (unpaired) electrons. The van der Waals surface area contributed by atoms with Crippen molar-refractivity contribution < 1.29 is 4.74 Å². The summed E-state index contributed by atoms with van der Waals surface area (Å²) in [6.45, 7) is 7.51. The van der Waals surface area contributed by atoms with E-state index in [2.05, 4.69) is 22.0 Å². The molecule has 1 saturated heterocycles. The quantitative estimate of drug-likeness (QED) is 0.778. The summed E-state index contributed by atoms with van der Waals surface area (Å²) in [6, 6.07) is 3.83. The predicted octanol–water partition coefficient (Wildman–Crippen LogP) is 1.65. The van der Waals surface area contributed by atoms with Crippen molar-refractivity contribution in [1.29, 1.82) is 0 Å². The number of piperidine rings is 1. The molecule has 1 aliphatic heterocycles. The van der Waals surface area contributed by atoms with E-state index in [0.29, 0.717) is 12.0 Å². The summed E-state index contributed by atoms with van der Waals surface area (Å²) in [5.74, 6) is 0.653. The second-order valence-electron chi connectivity index (χ2n) is 4.26. The second-order valence-corrected chi connectivity index (χ2v) is 4.26. The SMILES string of the molecule is CCN1CCC(Oc2ccc(C)nn2)CC1. The fraction of sp³-hybridized carbons (Fsp3) is 0.667. The molecule has 88 valence electrons. The number of aryl methyl sites for hydroxylation is 1. The Balaban J connectivity index is 1.84. The maximum absolute atomic E-state index is 5.80. The smallest absolute Gasteiger partial charge is 0.233 e. The number of rotatable bonds is 3. The van der Waals surface area contributed by atoms with Crippen molar-refractivity contribution >= 4 is 0 Å². The lowest BCUT2D eigenvalue weighted by atomic mass is 10.1. The van der Waals surface area contributed by atoms with Crippen LogP contribution in [0.3, 0.4) is 0 Å². The van der Waals surface area contributed by atoms with Gasteiger partial charge in [0.15, 0.2) is 0 Å². The van der Waals surface area contributed by atoms with Crippen molar-refractivity contribution in [2.24, 2.45) is 0 Å². The molecule has 0 aromatic carbocycles. The van der Waals surface area contributed by atoms with E-state index in [-0.39, 0.29) is 0 Å². The summed E-state index contributed by atoms with van der Waals surface area (Å²) < 4.78 is 5.80.